The van der Waals surface area contributed by atoms with Crippen LogP contribution in [0.2, 0.25) is 0 Å². The van der Waals surface area contributed by atoms with E-state index in [2.05, 4.69) is 70.9 Å². The van der Waals surface area contributed by atoms with E-state index in [0.29, 0.717) is 0 Å². The first-order valence-corrected chi connectivity index (χ1v) is 32.9. The van der Waals surface area contributed by atoms with Crippen molar-refractivity contribution < 1.29 is 26.6 Å². The summed E-state index contributed by atoms with van der Waals surface area (Å²) >= 11 is 0. The molecule has 0 spiro atoms. The molecule has 0 saturated heterocycles. The van der Waals surface area contributed by atoms with E-state index in [1.807, 2.05) is 0 Å². The molecule has 3 nitrogen and oxygen atoms in total. The number of allylic oxidation sites excluding steroid dienone is 3. The molecule has 404 valence electrons. The minimum atomic E-state index is -1.26. The Hall–Kier alpha value is -1.44. The maximum atomic E-state index is 6.93. The molecule has 0 aliphatic rings. The summed E-state index contributed by atoms with van der Waals surface area (Å²) in [6.07, 6.45) is 66.9. The Balaban J connectivity index is 0.0000462. The van der Waals surface area contributed by atoms with Crippen LogP contribution in [0.25, 0.3) is 0 Å². The van der Waals surface area contributed by atoms with Crippen molar-refractivity contribution in [2.75, 3.05) is 38.3 Å². The van der Waals surface area contributed by atoms with Crippen LogP contribution in [0.3, 0.4) is 0 Å². The fourth-order valence-electron chi connectivity index (χ4n) is 10.1. The van der Waals surface area contributed by atoms with Crippen molar-refractivity contribution in [1.29, 1.82) is 0 Å². The van der Waals surface area contributed by atoms with E-state index in [-0.39, 0.29) is 12.4 Å². The van der Waals surface area contributed by atoms with Crippen LogP contribution >= 0.6 is 7.26 Å². The minimum absolute atomic E-state index is 0. The third-order valence-electron chi connectivity index (χ3n) is 14.5. The van der Waals surface area contributed by atoms with Gasteiger partial charge in [-0.15, -0.1) is 19.7 Å². The van der Waals surface area contributed by atoms with Crippen LogP contribution in [0.4, 0.5) is 0 Å². The van der Waals surface area contributed by atoms with Crippen LogP contribution in [-0.4, -0.2) is 38.3 Å². The van der Waals surface area contributed by atoms with Crippen molar-refractivity contribution >= 4 is 7.26 Å². The van der Waals surface area contributed by atoms with E-state index in [0.717, 1.165) is 75.6 Å². The van der Waals surface area contributed by atoms with E-state index in [1.54, 1.807) is 0 Å². The number of benzene rings is 1. The highest BCUT2D eigenvalue weighted by atomic mass is 35.5. The summed E-state index contributed by atoms with van der Waals surface area (Å²) in [4.78, 5) is 0. The topological polar surface area (TPSA) is 27.7 Å². The molecule has 1 rings (SSSR count). The Kier molecular flexibility index (Phi) is 51.8. The fourth-order valence-corrected chi connectivity index (χ4v) is 14.9. The van der Waals surface area contributed by atoms with Gasteiger partial charge in [-0.2, -0.15) is 0 Å². The molecule has 0 bridgehead atoms. The summed E-state index contributed by atoms with van der Waals surface area (Å²) in [5.74, 6) is 2.80. The number of hydrogen-bond donors (Lipinski definition) is 0. The first kappa shape index (κ1) is 67.6. The van der Waals surface area contributed by atoms with Crippen molar-refractivity contribution in [3.8, 4) is 17.2 Å². The zero-order valence-electron chi connectivity index (χ0n) is 46.7. The van der Waals surface area contributed by atoms with Gasteiger partial charge in [-0.05, 0) is 114 Å². The van der Waals surface area contributed by atoms with Crippen LogP contribution in [0.15, 0.2) is 50.1 Å². The molecule has 0 saturated carbocycles. The Morgan fingerprint density at radius 1 is 0.348 bits per heavy atom. The van der Waals surface area contributed by atoms with Crippen LogP contribution in [-0.2, 0) is 6.16 Å². The van der Waals surface area contributed by atoms with Crippen molar-refractivity contribution in [2.45, 2.75) is 297 Å². The molecule has 0 aliphatic carbocycles. The van der Waals surface area contributed by atoms with Gasteiger partial charge in [0.2, 0.25) is 5.75 Å². The predicted octanol–water partition coefficient (Wildman–Crippen LogP) is 19.3. The average Bonchev–Trinajstić information content (AvgIpc) is 3.34. The second kappa shape index (κ2) is 52.9. The molecule has 0 amide bonds. The van der Waals surface area contributed by atoms with Gasteiger partial charge in [-0.1, -0.05) is 212 Å². The lowest BCUT2D eigenvalue weighted by Gasteiger charge is -2.29. The minimum Gasteiger partial charge on any atom is -1.00 e. The van der Waals surface area contributed by atoms with Crippen molar-refractivity contribution in [1.82, 2.24) is 0 Å². The van der Waals surface area contributed by atoms with Crippen LogP contribution in [0.5, 0.6) is 17.2 Å². The third-order valence-corrected chi connectivity index (χ3v) is 19.3. The Morgan fingerprint density at radius 2 is 0.609 bits per heavy atom. The summed E-state index contributed by atoms with van der Waals surface area (Å²) in [6.45, 7) is 21.0. The van der Waals surface area contributed by atoms with Gasteiger partial charge in [0.05, 0.1) is 44.5 Å². The predicted molar refractivity (Wildman–Crippen MR) is 310 cm³/mol. The second-order valence-electron chi connectivity index (χ2n) is 21.1. The van der Waals surface area contributed by atoms with E-state index >= 15 is 0 Å². The van der Waals surface area contributed by atoms with E-state index in [4.69, 9.17) is 14.2 Å². The molecule has 0 atom stereocenters. The average molecular weight is 1000 g/mol. The zero-order valence-corrected chi connectivity index (χ0v) is 48.4. The summed E-state index contributed by atoms with van der Waals surface area (Å²) in [6, 6.07) is 4.91. The molecule has 0 N–H and O–H groups in total. The molecule has 1 aromatic carbocycles. The molecular weight excluding hydrogens is 883 g/mol. The highest BCUT2D eigenvalue weighted by Gasteiger charge is 2.37. The normalized spacial score (nSPS) is 11.4. The highest BCUT2D eigenvalue weighted by molar-refractivity contribution is 7.75. The Bertz CT molecular complexity index is 1160. The van der Waals surface area contributed by atoms with Crippen LogP contribution in [0.1, 0.15) is 296 Å². The van der Waals surface area contributed by atoms with Crippen LogP contribution < -0.4 is 26.6 Å². The monoisotopic (exact) mass is 1000 g/mol. The number of halogens is 1. The SMILES string of the molecule is C=CCCCCCCCCCOc1cc(C[P+](CCCCCCCC)(CCCCCCCC)CCCCCCCC)cc(OCCCCCCCCCC=C)c1OCCCCCCCCCC=C.[Cl-]. The highest BCUT2D eigenvalue weighted by Crippen LogP contribution is 2.64. The first-order valence-electron chi connectivity index (χ1n) is 30.3. The summed E-state index contributed by atoms with van der Waals surface area (Å²) < 4.78 is 20.7. The van der Waals surface area contributed by atoms with Crippen molar-refractivity contribution in [3.63, 3.8) is 0 Å². The molecule has 5 heteroatoms. The summed E-state index contributed by atoms with van der Waals surface area (Å²) in [7, 11) is -1.26. The molecule has 0 aliphatic heterocycles. The molecule has 69 heavy (non-hydrogen) atoms. The van der Waals surface area contributed by atoms with Gasteiger partial charge in [0, 0.05) is 7.26 Å². The first-order chi connectivity index (χ1) is 33.6. The van der Waals surface area contributed by atoms with Gasteiger partial charge in [0.1, 0.15) is 0 Å². The number of hydrogen-bond acceptors (Lipinski definition) is 3. The molecule has 0 heterocycles. The fraction of sp³-hybridized carbons (Fsp3) is 0.812. The molecule has 0 radical (unpaired) electrons. The Labute approximate surface area is 439 Å². The number of ether oxygens (including phenoxy) is 3. The van der Waals surface area contributed by atoms with Gasteiger partial charge >= 0.3 is 0 Å². The maximum Gasteiger partial charge on any atom is 0.203 e. The molecular formula is C64H118ClO3P. The lowest BCUT2D eigenvalue weighted by molar-refractivity contribution is -0.0000160. The van der Waals surface area contributed by atoms with Crippen molar-refractivity contribution in [3.05, 3.63) is 55.7 Å². The molecule has 0 fully saturated rings. The van der Waals surface area contributed by atoms with Gasteiger partial charge < -0.3 is 26.6 Å². The summed E-state index contributed by atoms with van der Waals surface area (Å²) in [5.41, 5.74) is 1.47. The number of unbranched alkanes of at least 4 members (excludes halogenated alkanes) is 36. The maximum absolute atomic E-state index is 6.93. The van der Waals surface area contributed by atoms with E-state index in [1.165, 1.54) is 261 Å². The molecule has 1 aromatic rings. The quantitative estimate of drug-likeness (QED) is 0.0370. The smallest absolute Gasteiger partial charge is 0.203 e. The van der Waals surface area contributed by atoms with Gasteiger partial charge in [0.15, 0.2) is 11.5 Å². The number of rotatable bonds is 56. The van der Waals surface area contributed by atoms with E-state index < -0.39 is 7.26 Å². The van der Waals surface area contributed by atoms with Gasteiger partial charge in [-0.3, -0.25) is 0 Å². The van der Waals surface area contributed by atoms with Crippen molar-refractivity contribution in [2.24, 2.45) is 0 Å². The van der Waals surface area contributed by atoms with Crippen LogP contribution in [0, 0.1) is 0 Å². The largest absolute Gasteiger partial charge is 1.00 e. The van der Waals surface area contributed by atoms with Gasteiger partial charge in [0.25, 0.3) is 0 Å². The lowest BCUT2D eigenvalue weighted by Crippen LogP contribution is -3.00. The lowest BCUT2D eigenvalue weighted by atomic mass is 10.1. The zero-order chi connectivity index (χ0) is 49.1. The Morgan fingerprint density at radius 3 is 0.913 bits per heavy atom. The second-order valence-corrected chi connectivity index (χ2v) is 25.4. The standard InChI is InChI=1S/C64H118O3P.ClH/c1-7-13-19-25-31-34-37-40-46-52-65-62-58-61(60-68(55-49-43-28-22-16-10-4,56-50-44-29-23-17-11-5)57-51-45-30-24-18-12-6)59-63(66-53-47-41-38-35-32-26-20-14-8-2)64(62)67-54-48-42-39-36-33-27-21-15-9-3;/h7-9,58-59H,1-3,10-57,60H2,4-6H3;1H/q+1;/p-1. The summed E-state index contributed by atoms with van der Waals surface area (Å²) in [5, 5.41) is 0. The van der Waals surface area contributed by atoms with Gasteiger partial charge in [-0.25, -0.2) is 0 Å². The third kappa shape index (κ3) is 40.7. The molecule has 0 aromatic heterocycles. The van der Waals surface area contributed by atoms with E-state index in [9.17, 15) is 0 Å². The molecule has 0 unspecified atom stereocenters.